The van der Waals surface area contributed by atoms with E-state index >= 15 is 0 Å². The average molecular weight is 389 g/mol. The number of anilines is 1. The number of amides is 1. The van der Waals surface area contributed by atoms with Gasteiger partial charge in [-0.2, -0.15) is 0 Å². The molecule has 144 valence electrons. The molecule has 3 aliphatic carbocycles. The van der Waals surface area contributed by atoms with Gasteiger partial charge in [-0.05, 0) is 56.4 Å². The summed E-state index contributed by atoms with van der Waals surface area (Å²) >= 11 is 1.43. The summed E-state index contributed by atoms with van der Waals surface area (Å²) in [6.45, 7) is 2.03. The molecule has 27 heavy (non-hydrogen) atoms. The molecule has 6 nitrogen and oxygen atoms in total. The zero-order valence-electron chi connectivity index (χ0n) is 15.2. The first-order valence-electron chi connectivity index (χ1n) is 9.55. The lowest BCUT2D eigenvalue weighted by molar-refractivity contribution is -0.146. The summed E-state index contributed by atoms with van der Waals surface area (Å²) in [5.41, 5.74) is 1.46. The second kappa shape index (κ2) is 7.11. The van der Waals surface area contributed by atoms with E-state index in [1.165, 1.54) is 11.3 Å². The van der Waals surface area contributed by atoms with Crippen LogP contribution >= 0.6 is 11.3 Å². The van der Waals surface area contributed by atoms with Crippen LogP contribution in [0, 0.1) is 23.7 Å². The van der Waals surface area contributed by atoms with Crippen LogP contribution in [-0.2, 0) is 27.2 Å². The maximum atomic E-state index is 13.0. The molecule has 0 aliphatic heterocycles. The zero-order valence-corrected chi connectivity index (χ0v) is 16.0. The van der Waals surface area contributed by atoms with E-state index in [1.807, 2.05) is 12.2 Å². The maximum absolute atomic E-state index is 13.0. The number of hydrogen-bond donors (Lipinski definition) is 2. The lowest BCUT2D eigenvalue weighted by Gasteiger charge is -2.23. The summed E-state index contributed by atoms with van der Waals surface area (Å²) in [4.78, 5) is 38.4. The number of fused-ring (bicyclic) bond motifs is 3. The van der Waals surface area contributed by atoms with Crippen LogP contribution in [0.2, 0.25) is 0 Å². The van der Waals surface area contributed by atoms with Crippen LogP contribution in [0.4, 0.5) is 5.00 Å². The molecular weight excluding hydrogens is 366 g/mol. The molecular formula is C20H23NO5S. The number of thiophene rings is 1. The van der Waals surface area contributed by atoms with E-state index in [2.05, 4.69) is 5.32 Å². The standard InChI is InChI=1S/C20H23NO5S/c1-2-26-20(25)16-12-5-3-4-6-13(12)27-18(16)21-17(22)14-10-7-8-11(9-10)15(14)19(23)24/h7-8,10-11,14-15H,2-6,9H2,1H3,(H,21,22)(H,23,24)/t10-,11-,14+,15+/m0/s1. The van der Waals surface area contributed by atoms with Crippen molar-refractivity contribution in [1.82, 2.24) is 0 Å². The van der Waals surface area contributed by atoms with Gasteiger partial charge in [-0.1, -0.05) is 12.2 Å². The Bertz CT molecular complexity index is 827. The van der Waals surface area contributed by atoms with Crippen molar-refractivity contribution >= 4 is 34.2 Å². The van der Waals surface area contributed by atoms with Gasteiger partial charge in [0.25, 0.3) is 0 Å². The van der Waals surface area contributed by atoms with Crippen LogP contribution < -0.4 is 5.32 Å². The van der Waals surface area contributed by atoms with Crippen molar-refractivity contribution < 1.29 is 24.2 Å². The van der Waals surface area contributed by atoms with Crippen molar-refractivity contribution in [2.45, 2.75) is 39.0 Å². The van der Waals surface area contributed by atoms with E-state index in [-0.39, 0.29) is 24.3 Å². The molecule has 0 unspecified atom stereocenters. The number of aliphatic carboxylic acids is 1. The molecule has 1 aromatic heterocycles. The Balaban J connectivity index is 1.63. The third kappa shape index (κ3) is 3.08. The first-order chi connectivity index (χ1) is 13.0. The van der Waals surface area contributed by atoms with Crippen molar-refractivity contribution in [2.75, 3.05) is 11.9 Å². The number of ether oxygens (including phenoxy) is 1. The monoisotopic (exact) mass is 389 g/mol. The summed E-state index contributed by atoms with van der Waals surface area (Å²) in [7, 11) is 0. The molecule has 1 aromatic rings. The summed E-state index contributed by atoms with van der Waals surface area (Å²) in [6, 6.07) is 0. The Kier molecular flexibility index (Phi) is 4.80. The Hall–Kier alpha value is -2.15. The summed E-state index contributed by atoms with van der Waals surface area (Å²) in [5, 5.41) is 13.0. The number of carbonyl (C=O) groups excluding carboxylic acids is 2. The number of aryl methyl sites for hydroxylation is 1. The minimum Gasteiger partial charge on any atom is -0.481 e. The van der Waals surface area contributed by atoms with Crippen LogP contribution in [0.5, 0.6) is 0 Å². The summed E-state index contributed by atoms with van der Waals surface area (Å²) in [5.74, 6) is -3.05. The van der Waals surface area contributed by atoms with Crippen LogP contribution in [0.1, 0.15) is 47.0 Å². The topological polar surface area (TPSA) is 92.7 Å². The van der Waals surface area contributed by atoms with E-state index in [0.29, 0.717) is 17.0 Å². The molecule has 3 aliphatic rings. The number of carbonyl (C=O) groups is 3. The first kappa shape index (κ1) is 18.2. The Labute approximate surface area is 161 Å². The van der Waals surface area contributed by atoms with E-state index in [1.54, 1.807) is 6.92 Å². The normalized spacial score (nSPS) is 28.0. The maximum Gasteiger partial charge on any atom is 0.341 e. The van der Waals surface area contributed by atoms with E-state index in [0.717, 1.165) is 36.1 Å². The SMILES string of the molecule is CCOC(=O)c1c(NC(=O)[C@H]2[C@H](C(=O)O)[C@H]3C=C[C@H]2C3)sc2c1CCCC2. The van der Waals surface area contributed by atoms with Crippen LogP contribution in [0.25, 0.3) is 0 Å². The Morgan fingerprint density at radius 1 is 1.19 bits per heavy atom. The van der Waals surface area contributed by atoms with E-state index < -0.39 is 23.8 Å². The minimum atomic E-state index is -0.928. The van der Waals surface area contributed by atoms with Gasteiger partial charge >= 0.3 is 11.9 Å². The third-order valence-corrected chi connectivity index (χ3v) is 7.14. The fraction of sp³-hybridized carbons (Fsp3) is 0.550. The van der Waals surface area contributed by atoms with Crippen LogP contribution in [0.15, 0.2) is 12.2 Å². The molecule has 4 atom stereocenters. The average Bonchev–Trinajstić information content (AvgIpc) is 3.33. The molecule has 0 saturated heterocycles. The van der Waals surface area contributed by atoms with Gasteiger partial charge < -0.3 is 15.2 Å². The third-order valence-electron chi connectivity index (χ3n) is 5.93. The number of carboxylic acid groups (broad SMARTS) is 1. The van der Waals surface area contributed by atoms with Crippen molar-refractivity contribution in [3.05, 3.63) is 28.2 Å². The number of hydrogen-bond acceptors (Lipinski definition) is 5. The second-order valence-electron chi connectivity index (χ2n) is 7.46. The molecule has 2 N–H and O–H groups in total. The minimum absolute atomic E-state index is 0.0447. The van der Waals surface area contributed by atoms with Gasteiger partial charge in [0.05, 0.1) is 24.0 Å². The fourth-order valence-corrected chi connectivity index (χ4v) is 6.07. The molecule has 2 bridgehead atoms. The summed E-state index contributed by atoms with van der Waals surface area (Å²) < 4.78 is 5.22. The molecule has 0 spiro atoms. The van der Waals surface area contributed by atoms with Crippen molar-refractivity contribution in [1.29, 1.82) is 0 Å². The predicted octanol–water partition coefficient (Wildman–Crippen LogP) is 3.27. The predicted molar refractivity (Wildman–Crippen MR) is 101 cm³/mol. The molecule has 1 fully saturated rings. The Morgan fingerprint density at radius 3 is 2.59 bits per heavy atom. The molecule has 1 saturated carbocycles. The van der Waals surface area contributed by atoms with Crippen molar-refractivity contribution in [3.63, 3.8) is 0 Å². The lowest BCUT2D eigenvalue weighted by atomic mass is 9.82. The highest BCUT2D eigenvalue weighted by Gasteiger charge is 2.51. The lowest BCUT2D eigenvalue weighted by Crippen LogP contribution is -2.36. The van der Waals surface area contributed by atoms with Gasteiger partial charge in [0, 0.05) is 4.88 Å². The largest absolute Gasteiger partial charge is 0.481 e. The summed E-state index contributed by atoms with van der Waals surface area (Å²) in [6.07, 6.45) is 8.38. The highest BCUT2D eigenvalue weighted by molar-refractivity contribution is 7.17. The fourth-order valence-electron chi connectivity index (χ4n) is 4.78. The highest BCUT2D eigenvalue weighted by atomic mass is 32.1. The molecule has 1 amide bonds. The van der Waals surface area contributed by atoms with Gasteiger partial charge in [-0.15, -0.1) is 11.3 Å². The van der Waals surface area contributed by atoms with Gasteiger partial charge in [0.1, 0.15) is 5.00 Å². The van der Waals surface area contributed by atoms with Crippen LogP contribution in [0.3, 0.4) is 0 Å². The quantitative estimate of drug-likeness (QED) is 0.596. The second-order valence-corrected chi connectivity index (χ2v) is 8.57. The van der Waals surface area contributed by atoms with Gasteiger partial charge in [0.15, 0.2) is 0 Å². The number of nitrogens with one attached hydrogen (secondary N) is 1. The highest BCUT2D eigenvalue weighted by Crippen LogP contribution is 2.49. The van der Waals surface area contributed by atoms with Gasteiger partial charge in [-0.3, -0.25) is 9.59 Å². The molecule has 0 radical (unpaired) electrons. The smallest absolute Gasteiger partial charge is 0.341 e. The van der Waals surface area contributed by atoms with E-state index in [4.69, 9.17) is 4.74 Å². The Morgan fingerprint density at radius 2 is 1.89 bits per heavy atom. The molecule has 0 aromatic carbocycles. The molecule has 1 heterocycles. The molecule has 7 heteroatoms. The number of esters is 1. The van der Waals surface area contributed by atoms with Crippen LogP contribution in [-0.4, -0.2) is 29.6 Å². The first-order valence-corrected chi connectivity index (χ1v) is 10.4. The van der Waals surface area contributed by atoms with Crippen molar-refractivity contribution in [3.8, 4) is 0 Å². The number of carboxylic acids is 1. The van der Waals surface area contributed by atoms with Gasteiger partial charge in [-0.25, -0.2) is 4.79 Å². The van der Waals surface area contributed by atoms with Gasteiger partial charge in [0.2, 0.25) is 5.91 Å². The molecule has 4 rings (SSSR count). The van der Waals surface area contributed by atoms with E-state index in [9.17, 15) is 19.5 Å². The van der Waals surface area contributed by atoms with Crippen molar-refractivity contribution in [2.24, 2.45) is 23.7 Å². The zero-order chi connectivity index (χ0) is 19.1. The number of rotatable bonds is 5. The number of allylic oxidation sites excluding steroid dienone is 2.